The molecule has 0 radical (unpaired) electrons. The second-order valence-electron chi connectivity index (χ2n) is 5.05. The van der Waals surface area contributed by atoms with Crippen molar-refractivity contribution < 1.29 is 19.4 Å². The van der Waals surface area contributed by atoms with E-state index in [1.54, 1.807) is 12.1 Å². The largest absolute Gasteiger partial charge is 0.479 e. The van der Waals surface area contributed by atoms with Gasteiger partial charge < -0.3 is 14.6 Å². The van der Waals surface area contributed by atoms with E-state index in [2.05, 4.69) is 0 Å². The number of carboxylic acids is 1. The van der Waals surface area contributed by atoms with Crippen LogP contribution in [-0.2, 0) is 14.3 Å². The molecule has 1 heterocycles. The van der Waals surface area contributed by atoms with Crippen molar-refractivity contribution in [3.63, 3.8) is 0 Å². The number of halogens is 1. The second-order valence-corrected chi connectivity index (χ2v) is 5.46. The zero-order chi connectivity index (χ0) is 13.5. The van der Waals surface area contributed by atoms with Crippen molar-refractivity contribution in [3.05, 3.63) is 34.9 Å². The molecule has 0 aromatic heterocycles. The van der Waals surface area contributed by atoms with Crippen molar-refractivity contribution in [2.45, 2.75) is 43.7 Å². The van der Waals surface area contributed by atoms with E-state index in [9.17, 15) is 9.90 Å². The predicted molar refractivity (Wildman–Crippen MR) is 69.0 cm³/mol. The molecule has 1 saturated carbocycles. The molecule has 1 N–H and O–H groups in total. The molecule has 5 heteroatoms. The van der Waals surface area contributed by atoms with E-state index in [4.69, 9.17) is 21.1 Å². The highest BCUT2D eigenvalue weighted by Crippen LogP contribution is 2.48. The third-order valence-electron chi connectivity index (χ3n) is 3.78. The molecule has 2 unspecified atom stereocenters. The lowest BCUT2D eigenvalue weighted by Gasteiger charge is -2.21. The molecule has 1 spiro atoms. The topological polar surface area (TPSA) is 55.8 Å². The van der Waals surface area contributed by atoms with Crippen LogP contribution in [0.3, 0.4) is 0 Å². The molecule has 19 heavy (non-hydrogen) atoms. The molecular formula is C14H15ClO4. The zero-order valence-electron chi connectivity index (χ0n) is 10.3. The first kappa shape index (κ1) is 12.9. The maximum Gasteiger partial charge on any atom is 0.336 e. The standard InChI is InChI=1S/C14H15ClO4/c15-10-6-2-1-5-9(10)11-12(13(16)17)19-14(18-11)7-3-4-8-14/h1-2,5-6,11-12H,3-4,7-8H2,(H,16,17). The first-order valence-corrected chi connectivity index (χ1v) is 6.82. The molecule has 2 aliphatic rings. The third kappa shape index (κ3) is 2.24. The first-order valence-electron chi connectivity index (χ1n) is 6.44. The number of rotatable bonds is 2. The Bertz CT molecular complexity index is 496. The minimum absolute atomic E-state index is 0.511. The molecule has 0 amide bonds. The highest BCUT2D eigenvalue weighted by molar-refractivity contribution is 6.31. The maximum atomic E-state index is 11.4. The normalized spacial score (nSPS) is 28.9. The summed E-state index contributed by atoms with van der Waals surface area (Å²) < 4.78 is 11.7. The van der Waals surface area contributed by atoms with Crippen LogP contribution >= 0.6 is 11.6 Å². The van der Waals surface area contributed by atoms with Crippen LogP contribution in [0.5, 0.6) is 0 Å². The van der Waals surface area contributed by atoms with Gasteiger partial charge in [-0.25, -0.2) is 4.79 Å². The van der Waals surface area contributed by atoms with Crippen molar-refractivity contribution in [2.75, 3.05) is 0 Å². The van der Waals surface area contributed by atoms with Gasteiger partial charge in [-0.3, -0.25) is 0 Å². The maximum absolute atomic E-state index is 11.4. The Hall–Kier alpha value is -1.10. The summed E-state index contributed by atoms with van der Waals surface area (Å²) in [5.74, 6) is -1.74. The molecule has 0 bridgehead atoms. The van der Waals surface area contributed by atoms with E-state index < -0.39 is 24.0 Å². The Kier molecular flexibility index (Phi) is 3.25. The average molecular weight is 283 g/mol. The number of carboxylic acid groups (broad SMARTS) is 1. The molecule has 1 aromatic rings. The fourth-order valence-electron chi connectivity index (χ4n) is 2.88. The summed E-state index contributed by atoms with van der Waals surface area (Å²) in [4.78, 5) is 11.4. The summed E-state index contributed by atoms with van der Waals surface area (Å²) in [5.41, 5.74) is 0.681. The summed E-state index contributed by atoms with van der Waals surface area (Å²) in [6.45, 7) is 0. The number of hydrogen-bond donors (Lipinski definition) is 1. The van der Waals surface area contributed by atoms with Crippen molar-refractivity contribution >= 4 is 17.6 Å². The molecule has 102 valence electrons. The second kappa shape index (κ2) is 4.78. The van der Waals surface area contributed by atoms with Crippen molar-refractivity contribution in [1.82, 2.24) is 0 Å². The Balaban J connectivity index is 1.95. The summed E-state index contributed by atoms with van der Waals surface area (Å²) in [6, 6.07) is 7.16. The monoisotopic (exact) mass is 282 g/mol. The Morgan fingerprint density at radius 3 is 2.58 bits per heavy atom. The fraction of sp³-hybridized carbons (Fsp3) is 0.500. The highest BCUT2D eigenvalue weighted by Gasteiger charge is 2.52. The minimum Gasteiger partial charge on any atom is -0.479 e. The zero-order valence-corrected chi connectivity index (χ0v) is 11.1. The van der Waals surface area contributed by atoms with Gasteiger partial charge in [-0.15, -0.1) is 0 Å². The first-order chi connectivity index (χ1) is 9.11. The lowest BCUT2D eigenvalue weighted by atomic mass is 10.0. The van der Waals surface area contributed by atoms with Crippen LogP contribution in [-0.4, -0.2) is 23.0 Å². The molecule has 3 rings (SSSR count). The number of carbonyl (C=O) groups is 1. The molecule has 2 atom stereocenters. The van der Waals surface area contributed by atoms with E-state index in [-0.39, 0.29) is 0 Å². The van der Waals surface area contributed by atoms with Gasteiger partial charge in [0.2, 0.25) is 0 Å². The molecular weight excluding hydrogens is 268 g/mol. The summed E-state index contributed by atoms with van der Waals surface area (Å²) >= 11 is 6.14. The molecule has 1 saturated heterocycles. The van der Waals surface area contributed by atoms with E-state index >= 15 is 0 Å². The molecule has 1 aliphatic carbocycles. The van der Waals surface area contributed by atoms with E-state index in [1.807, 2.05) is 12.1 Å². The van der Waals surface area contributed by atoms with Gasteiger partial charge in [0.15, 0.2) is 11.9 Å². The van der Waals surface area contributed by atoms with Crippen LogP contribution in [0, 0.1) is 0 Å². The highest BCUT2D eigenvalue weighted by atomic mass is 35.5. The molecule has 1 aliphatic heterocycles. The van der Waals surface area contributed by atoms with Crippen LogP contribution in [0.25, 0.3) is 0 Å². The van der Waals surface area contributed by atoms with Gasteiger partial charge in [0, 0.05) is 23.4 Å². The summed E-state index contributed by atoms with van der Waals surface area (Å²) in [7, 11) is 0. The number of aliphatic carboxylic acids is 1. The van der Waals surface area contributed by atoms with Crippen LogP contribution in [0.1, 0.15) is 37.4 Å². The quantitative estimate of drug-likeness (QED) is 0.905. The van der Waals surface area contributed by atoms with E-state index in [0.717, 1.165) is 25.7 Å². The van der Waals surface area contributed by atoms with Gasteiger partial charge in [0.05, 0.1) is 0 Å². The van der Waals surface area contributed by atoms with Gasteiger partial charge in [0.1, 0.15) is 6.10 Å². The smallest absolute Gasteiger partial charge is 0.336 e. The van der Waals surface area contributed by atoms with Gasteiger partial charge in [-0.05, 0) is 18.9 Å². The fourth-order valence-corrected chi connectivity index (χ4v) is 3.12. The van der Waals surface area contributed by atoms with Gasteiger partial charge in [-0.1, -0.05) is 29.8 Å². The number of ether oxygens (including phenoxy) is 2. The van der Waals surface area contributed by atoms with E-state index in [0.29, 0.717) is 10.6 Å². The summed E-state index contributed by atoms with van der Waals surface area (Å²) in [5, 5.41) is 9.84. The van der Waals surface area contributed by atoms with Crippen LogP contribution < -0.4 is 0 Å². The number of benzene rings is 1. The van der Waals surface area contributed by atoms with Crippen LogP contribution in [0.4, 0.5) is 0 Å². The van der Waals surface area contributed by atoms with Gasteiger partial charge in [-0.2, -0.15) is 0 Å². The Morgan fingerprint density at radius 1 is 1.26 bits per heavy atom. The lowest BCUT2D eigenvalue weighted by molar-refractivity contribution is -0.179. The van der Waals surface area contributed by atoms with Crippen molar-refractivity contribution in [2.24, 2.45) is 0 Å². The number of hydrogen-bond acceptors (Lipinski definition) is 3. The molecule has 2 fully saturated rings. The van der Waals surface area contributed by atoms with Gasteiger partial charge in [0.25, 0.3) is 0 Å². The Morgan fingerprint density at radius 2 is 1.95 bits per heavy atom. The molecule has 1 aromatic carbocycles. The Labute approximate surface area is 116 Å². The van der Waals surface area contributed by atoms with Crippen molar-refractivity contribution in [3.8, 4) is 0 Å². The molecule has 4 nitrogen and oxygen atoms in total. The summed E-state index contributed by atoms with van der Waals surface area (Å²) in [6.07, 6.45) is 1.88. The van der Waals surface area contributed by atoms with Crippen molar-refractivity contribution in [1.29, 1.82) is 0 Å². The average Bonchev–Trinajstić information content (AvgIpc) is 2.98. The van der Waals surface area contributed by atoms with Gasteiger partial charge >= 0.3 is 5.97 Å². The van der Waals surface area contributed by atoms with Crippen LogP contribution in [0.15, 0.2) is 24.3 Å². The minimum atomic E-state index is -1.01. The predicted octanol–water partition coefficient (Wildman–Crippen LogP) is 3.15. The van der Waals surface area contributed by atoms with E-state index in [1.165, 1.54) is 0 Å². The lowest BCUT2D eigenvalue weighted by Crippen LogP contribution is -2.29. The SMILES string of the molecule is O=C(O)C1OC2(CCCC2)OC1c1ccccc1Cl. The third-order valence-corrected chi connectivity index (χ3v) is 4.12. The van der Waals surface area contributed by atoms with Crippen LogP contribution in [0.2, 0.25) is 5.02 Å².